The van der Waals surface area contributed by atoms with Crippen molar-refractivity contribution in [2.45, 2.75) is 25.8 Å². The van der Waals surface area contributed by atoms with Crippen LogP contribution < -0.4 is 5.32 Å². The number of benzene rings is 1. The third-order valence-electron chi connectivity index (χ3n) is 3.56. The molecule has 1 unspecified atom stereocenters. The molecule has 1 atom stereocenters. The molecule has 0 saturated carbocycles. The fourth-order valence-corrected chi connectivity index (χ4v) is 3.28. The van der Waals surface area contributed by atoms with E-state index < -0.39 is 11.9 Å². The average molecular weight is 307 g/mol. The molecule has 3 rings (SSSR count). The quantitative estimate of drug-likeness (QED) is 0.947. The summed E-state index contributed by atoms with van der Waals surface area (Å²) in [7, 11) is 0. The summed E-state index contributed by atoms with van der Waals surface area (Å²) in [4.78, 5) is 29.5. The molecule has 0 spiro atoms. The summed E-state index contributed by atoms with van der Waals surface area (Å²) >= 11 is 1.21. The first kappa shape index (κ1) is 13.9. The number of para-hydroxylation sites is 1. The highest BCUT2D eigenvalue weighted by molar-refractivity contribution is 7.22. The van der Waals surface area contributed by atoms with E-state index in [-0.39, 0.29) is 17.3 Å². The van der Waals surface area contributed by atoms with Crippen LogP contribution in [0.2, 0.25) is 0 Å². The monoisotopic (exact) mass is 307 g/mol. The van der Waals surface area contributed by atoms with Gasteiger partial charge in [-0.25, -0.2) is 9.37 Å². The molecule has 1 saturated heterocycles. The summed E-state index contributed by atoms with van der Waals surface area (Å²) in [5, 5.41) is 3.01. The number of anilines is 1. The molecule has 2 heterocycles. The number of nitrogens with one attached hydrogen (secondary N) is 1. The number of likely N-dealkylation sites (tertiary alicyclic amines) is 1. The summed E-state index contributed by atoms with van der Waals surface area (Å²) in [6.45, 7) is 2.29. The Morgan fingerprint density at radius 2 is 2.33 bits per heavy atom. The zero-order valence-electron chi connectivity index (χ0n) is 11.4. The summed E-state index contributed by atoms with van der Waals surface area (Å²) in [5.74, 6) is -0.718. The Morgan fingerprint density at radius 3 is 3.00 bits per heavy atom. The fraction of sp³-hybridized carbons (Fsp3) is 0.357. The van der Waals surface area contributed by atoms with Crippen molar-refractivity contribution < 1.29 is 14.0 Å². The second-order valence-electron chi connectivity index (χ2n) is 4.96. The predicted molar refractivity (Wildman–Crippen MR) is 78.6 cm³/mol. The van der Waals surface area contributed by atoms with Gasteiger partial charge in [0.25, 0.3) is 0 Å². The van der Waals surface area contributed by atoms with E-state index in [4.69, 9.17) is 0 Å². The lowest BCUT2D eigenvalue weighted by atomic mass is 10.3. The molecule has 1 aliphatic rings. The second-order valence-corrected chi connectivity index (χ2v) is 5.99. The molecule has 0 aliphatic carbocycles. The normalized spacial score (nSPS) is 16.5. The number of thiazole rings is 1. The zero-order chi connectivity index (χ0) is 15.0. The van der Waals surface area contributed by atoms with Crippen molar-refractivity contribution in [3.8, 4) is 0 Å². The average Bonchev–Trinajstić information content (AvgIpc) is 3.04. The minimum atomic E-state index is -0.545. The topological polar surface area (TPSA) is 62.3 Å². The molecule has 0 radical (unpaired) electrons. The van der Waals surface area contributed by atoms with Gasteiger partial charge in [-0.05, 0) is 25.5 Å². The number of aromatic nitrogens is 1. The van der Waals surface area contributed by atoms with Gasteiger partial charge in [0.15, 0.2) is 5.13 Å². The highest BCUT2D eigenvalue weighted by Crippen LogP contribution is 2.27. The van der Waals surface area contributed by atoms with Crippen molar-refractivity contribution in [3.63, 3.8) is 0 Å². The summed E-state index contributed by atoms with van der Waals surface area (Å²) in [6.07, 6.45) is 1.27. The van der Waals surface area contributed by atoms with Crippen LogP contribution in [0.3, 0.4) is 0 Å². The van der Waals surface area contributed by atoms with Gasteiger partial charge in [-0.1, -0.05) is 17.4 Å². The van der Waals surface area contributed by atoms with Crippen molar-refractivity contribution in [1.82, 2.24) is 9.88 Å². The zero-order valence-corrected chi connectivity index (χ0v) is 12.2. The van der Waals surface area contributed by atoms with E-state index >= 15 is 0 Å². The van der Waals surface area contributed by atoms with E-state index in [9.17, 15) is 14.0 Å². The molecule has 0 bridgehead atoms. The summed E-state index contributed by atoms with van der Waals surface area (Å²) < 4.78 is 14.2. The van der Waals surface area contributed by atoms with Crippen LogP contribution in [-0.4, -0.2) is 34.3 Å². The number of carbonyl (C=O) groups excluding carboxylic acids is 2. The van der Waals surface area contributed by atoms with Gasteiger partial charge in [0.1, 0.15) is 17.4 Å². The Balaban J connectivity index is 1.76. The second kappa shape index (κ2) is 5.40. The van der Waals surface area contributed by atoms with E-state index in [1.54, 1.807) is 24.0 Å². The van der Waals surface area contributed by atoms with Crippen LogP contribution in [0.15, 0.2) is 18.2 Å². The first-order chi connectivity index (χ1) is 10.1. The fourth-order valence-electron chi connectivity index (χ4n) is 2.40. The highest BCUT2D eigenvalue weighted by Gasteiger charge is 2.29. The van der Waals surface area contributed by atoms with Gasteiger partial charge in [-0.2, -0.15) is 0 Å². The maximum absolute atomic E-state index is 13.6. The van der Waals surface area contributed by atoms with Gasteiger partial charge in [-0.3, -0.25) is 9.59 Å². The molecule has 110 valence electrons. The molecule has 5 nitrogen and oxygen atoms in total. The van der Waals surface area contributed by atoms with Crippen LogP contribution in [0.25, 0.3) is 10.2 Å². The number of rotatable bonds is 3. The highest BCUT2D eigenvalue weighted by atomic mass is 32.1. The van der Waals surface area contributed by atoms with Crippen molar-refractivity contribution in [2.75, 3.05) is 11.9 Å². The lowest BCUT2D eigenvalue weighted by Gasteiger charge is -2.22. The van der Waals surface area contributed by atoms with Crippen LogP contribution in [0, 0.1) is 5.82 Å². The molecule has 1 aliphatic heterocycles. The maximum Gasteiger partial charge on any atom is 0.248 e. The van der Waals surface area contributed by atoms with E-state index in [1.165, 1.54) is 17.4 Å². The molecule has 7 heteroatoms. The number of amides is 2. The predicted octanol–water partition coefficient (Wildman–Crippen LogP) is 2.38. The molecular formula is C14H14FN3O2S. The van der Waals surface area contributed by atoms with E-state index in [1.807, 2.05) is 0 Å². The Morgan fingerprint density at radius 1 is 1.52 bits per heavy atom. The standard InChI is InChI=1S/C14H14FN3O2S/c1-8(18-7-3-6-11(18)19)13(20)17-14-16-12-9(15)4-2-5-10(12)21-14/h2,4-5,8H,3,6-7H2,1H3,(H,16,17,20). The maximum atomic E-state index is 13.6. The van der Waals surface area contributed by atoms with Gasteiger partial charge >= 0.3 is 0 Å². The summed E-state index contributed by atoms with van der Waals surface area (Å²) in [6, 6.07) is 4.14. The van der Waals surface area contributed by atoms with Gasteiger partial charge in [-0.15, -0.1) is 0 Å². The molecule has 1 N–H and O–H groups in total. The number of nitrogens with zero attached hydrogens (tertiary/aromatic N) is 2. The lowest BCUT2D eigenvalue weighted by molar-refractivity contribution is -0.134. The minimum Gasteiger partial charge on any atom is -0.331 e. The Bertz CT molecular complexity index is 715. The number of halogens is 1. The van der Waals surface area contributed by atoms with Gasteiger partial charge < -0.3 is 10.2 Å². The Kier molecular flexibility index (Phi) is 3.59. The van der Waals surface area contributed by atoms with Crippen molar-refractivity contribution in [2.24, 2.45) is 0 Å². The smallest absolute Gasteiger partial charge is 0.248 e. The molecule has 1 aromatic carbocycles. The third-order valence-corrected chi connectivity index (χ3v) is 4.49. The molecule has 2 aromatic rings. The number of fused-ring (bicyclic) bond motifs is 1. The lowest BCUT2D eigenvalue weighted by Crippen LogP contribution is -2.42. The van der Waals surface area contributed by atoms with E-state index in [0.717, 1.165) is 6.42 Å². The van der Waals surface area contributed by atoms with Crippen LogP contribution >= 0.6 is 11.3 Å². The van der Waals surface area contributed by atoms with E-state index in [0.29, 0.717) is 22.8 Å². The molecule has 21 heavy (non-hydrogen) atoms. The Labute approximate surface area is 124 Å². The van der Waals surface area contributed by atoms with Crippen molar-refractivity contribution >= 4 is 38.5 Å². The van der Waals surface area contributed by atoms with E-state index in [2.05, 4.69) is 10.3 Å². The third kappa shape index (κ3) is 2.61. The minimum absolute atomic E-state index is 0.00649. The van der Waals surface area contributed by atoms with Gasteiger partial charge in [0.05, 0.1) is 4.70 Å². The van der Waals surface area contributed by atoms with Crippen LogP contribution in [0.5, 0.6) is 0 Å². The van der Waals surface area contributed by atoms with Gasteiger partial charge in [0.2, 0.25) is 11.8 Å². The first-order valence-electron chi connectivity index (χ1n) is 6.71. The molecule has 1 aromatic heterocycles. The number of hydrogen-bond acceptors (Lipinski definition) is 4. The molecular weight excluding hydrogens is 293 g/mol. The largest absolute Gasteiger partial charge is 0.331 e. The van der Waals surface area contributed by atoms with Crippen LogP contribution in [0.1, 0.15) is 19.8 Å². The number of hydrogen-bond donors (Lipinski definition) is 1. The number of carbonyl (C=O) groups is 2. The van der Waals surface area contributed by atoms with Crippen molar-refractivity contribution in [1.29, 1.82) is 0 Å². The molecule has 2 amide bonds. The first-order valence-corrected chi connectivity index (χ1v) is 7.53. The van der Waals surface area contributed by atoms with Crippen LogP contribution in [-0.2, 0) is 9.59 Å². The molecule has 1 fully saturated rings. The van der Waals surface area contributed by atoms with Crippen molar-refractivity contribution in [3.05, 3.63) is 24.0 Å². The van der Waals surface area contributed by atoms with Gasteiger partial charge in [0, 0.05) is 13.0 Å². The Hall–Kier alpha value is -2.02. The SMILES string of the molecule is CC(C(=O)Nc1nc2c(F)cccc2s1)N1CCCC1=O. The van der Waals surface area contributed by atoms with Crippen LogP contribution in [0.4, 0.5) is 9.52 Å². The summed E-state index contributed by atoms with van der Waals surface area (Å²) in [5.41, 5.74) is 0.253.